The van der Waals surface area contributed by atoms with Gasteiger partial charge in [-0.3, -0.25) is 4.79 Å². The Labute approximate surface area is 131 Å². The Morgan fingerprint density at radius 3 is 2.78 bits per heavy atom. The molecule has 0 heterocycles. The van der Waals surface area contributed by atoms with Crippen LogP contribution in [0.2, 0.25) is 0 Å². The van der Waals surface area contributed by atoms with Gasteiger partial charge in [0.25, 0.3) is 5.91 Å². The third-order valence-corrected chi connectivity index (χ3v) is 2.93. The highest BCUT2D eigenvalue weighted by Gasteiger charge is 2.11. The third-order valence-electron chi connectivity index (χ3n) is 2.93. The number of halogens is 1. The number of benzene rings is 2. The van der Waals surface area contributed by atoms with Crippen LogP contribution in [0, 0.1) is 17.1 Å². The molecule has 1 amide bonds. The van der Waals surface area contributed by atoms with E-state index in [1.807, 2.05) is 0 Å². The van der Waals surface area contributed by atoms with E-state index in [4.69, 9.17) is 10.00 Å². The van der Waals surface area contributed by atoms with Crippen LogP contribution in [0.25, 0.3) is 0 Å². The van der Waals surface area contributed by atoms with Crippen molar-refractivity contribution in [1.82, 2.24) is 5.43 Å². The Morgan fingerprint density at radius 1 is 1.39 bits per heavy atom. The van der Waals surface area contributed by atoms with Crippen molar-refractivity contribution in [3.05, 3.63) is 58.9 Å². The van der Waals surface area contributed by atoms with Gasteiger partial charge in [-0.05, 0) is 42.0 Å². The number of phenols is 1. The van der Waals surface area contributed by atoms with Gasteiger partial charge in [0, 0.05) is 0 Å². The van der Waals surface area contributed by atoms with Gasteiger partial charge in [0.15, 0.2) is 11.5 Å². The summed E-state index contributed by atoms with van der Waals surface area (Å²) in [7, 11) is 1.43. The van der Waals surface area contributed by atoms with Gasteiger partial charge in [0.1, 0.15) is 5.82 Å². The van der Waals surface area contributed by atoms with Crippen LogP contribution in [0.3, 0.4) is 0 Å². The van der Waals surface area contributed by atoms with E-state index in [9.17, 15) is 14.3 Å². The summed E-state index contributed by atoms with van der Waals surface area (Å²) in [5, 5.41) is 22.0. The smallest absolute Gasteiger partial charge is 0.274 e. The molecule has 7 heteroatoms. The lowest BCUT2D eigenvalue weighted by Crippen LogP contribution is -2.19. The standard InChI is InChI=1S/C16H12FN3O3/c1-23-15-5-3-11(7-14(15)21)9-19-20-16(22)12-4-2-10(8-18)6-13(12)17/h2-7,9,21H,1H3,(H,20,22)/b19-9+. The average molecular weight is 313 g/mol. The van der Waals surface area contributed by atoms with Crippen molar-refractivity contribution < 1.29 is 19.0 Å². The number of carbonyl (C=O) groups excluding carboxylic acids is 1. The second-order valence-electron chi connectivity index (χ2n) is 4.44. The molecular formula is C16H12FN3O3. The predicted octanol–water partition coefficient (Wildman–Crippen LogP) is 2.18. The molecule has 0 aliphatic heterocycles. The van der Waals surface area contributed by atoms with Gasteiger partial charge in [-0.1, -0.05) is 0 Å². The minimum absolute atomic E-state index is 0.0686. The number of hydrazone groups is 1. The number of rotatable bonds is 4. The maximum Gasteiger partial charge on any atom is 0.274 e. The van der Waals surface area contributed by atoms with E-state index in [1.165, 1.54) is 31.5 Å². The fourth-order valence-electron chi connectivity index (χ4n) is 1.78. The minimum Gasteiger partial charge on any atom is -0.504 e. The van der Waals surface area contributed by atoms with Crippen LogP contribution in [0.4, 0.5) is 4.39 Å². The molecule has 116 valence electrons. The molecule has 0 aliphatic carbocycles. The highest BCUT2D eigenvalue weighted by molar-refractivity contribution is 5.95. The molecule has 0 spiro atoms. The molecule has 0 saturated carbocycles. The fraction of sp³-hybridized carbons (Fsp3) is 0.0625. The summed E-state index contributed by atoms with van der Waals surface area (Å²) in [6.07, 6.45) is 1.29. The number of methoxy groups -OCH3 is 1. The number of phenolic OH excluding ortho intramolecular Hbond substituents is 1. The van der Waals surface area contributed by atoms with Crippen molar-refractivity contribution in [3.8, 4) is 17.6 Å². The number of nitrogens with zero attached hydrogens (tertiary/aromatic N) is 2. The zero-order chi connectivity index (χ0) is 16.8. The maximum absolute atomic E-state index is 13.7. The first-order chi connectivity index (χ1) is 11.0. The van der Waals surface area contributed by atoms with Gasteiger partial charge < -0.3 is 9.84 Å². The fourth-order valence-corrected chi connectivity index (χ4v) is 1.78. The van der Waals surface area contributed by atoms with Crippen molar-refractivity contribution in [2.75, 3.05) is 7.11 Å². The second kappa shape index (κ2) is 7.04. The number of amides is 1. The van der Waals surface area contributed by atoms with Crippen molar-refractivity contribution in [2.45, 2.75) is 0 Å². The third kappa shape index (κ3) is 3.83. The number of nitrogens with one attached hydrogen (secondary N) is 1. The topological polar surface area (TPSA) is 94.7 Å². The van der Waals surface area contributed by atoms with Gasteiger partial charge >= 0.3 is 0 Å². The molecule has 0 unspecified atom stereocenters. The number of nitriles is 1. The number of aromatic hydroxyl groups is 1. The van der Waals surface area contributed by atoms with E-state index in [0.717, 1.165) is 6.07 Å². The van der Waals surface area contributed by atoms with Gasteiger partial charge in [0.05, 0.1) is 30.5 Å². The summed E-state index contributed by atoms with van der Waals surface area (Å²) in [5.74, 6) is -1.31. The quantitative estimate of drug-likeness (QED) is 0.668. The Kier molecular flexibility index (Phi) is 4.89. The molecule has 0 saturated heterocycles. The molecule has 0 bridgehead atoms. The summed E-state index contributed by atoms with van der Waals surface area (Å²) >= 11 is 0. The Hall–Kier alpha value is -3.40. The predicted molar refractivity (Wildman–Crippen MR) is 80.8 cm³/mol. The Balaban J connectivity index is 2.07. The van der Waals surface area contributed by atoms with Crippen LogP contribution in [-0.2, 0) is 0 Å². The average Bonchev–Trinajstić information content (AvgIpc) is 2.54. The van der Waals surface area contributed by atoms with Gasteiger partial charge in [-0.25, -0.2) is 9.82 Å². The van der Waals surface area contributed by atoms with E-state index in [1.54, 1.807) is 18.2 Å². The second-order valence-corrected chi connectivity index (χ2v) is 4.44. The van der Waals surface area contributed by atoms with E-state index in [2.05, 4.69) is 10.5 Å². The molecular weight excluding hydrogens is 301 g/mol. The summed E-state index contributed by atoms with van der Waals surface area (Å²) in [4.78, 5) is 11.8. The van der Waals surface area contributed by atoms with E-state index < -0.39 is 11.7 Å². The van der Waals surface area contributed by atoms with Crippen molar-refractivity contribution >= 4 is 12.1 Å². The van der Waals surface area contributed by atoms with E-state index >= 15 is 0 Å². The van der Waals surface area contributed by atoms with E-state index in [0.29, 0.717) is 11.3 Å². The monoisotopic (exact) mass is 313 g/mol. The lowest BCUT2D eigenvalue weighted by Gasteiger charge is -2.04. The molecule has 0 atom stereocenters. The highest BCUT2D eigenvalue weighted by atomic mass is 19.1. The zero-order valence-corrected chi connectivity index (χ0v) is 12.1. The van der Waals surface area contributed by atoms with Crippen molar-refractivity contribution in [3.63, 3.8) is 0 Å². The van der Waals surface area contributed by atoms with Gasteiger partial charge in [0.2, 0.25) is 0 Å². The molecule has 0 fully saturated rings. The SMILES string of the molecule is COc1ccc(/C=N/NC(=O)c2ccc(C#N)cc2F)cc1O. The first kappa shape index (κ1) is 16.0. The van der Waals surface area contributed by atoms with Crippen LogP contribution in [0.15, 0.2) is 41.5 Å². The maximum atomic E-state index is 13.7. The van der Waals surface area contributed by atoms with Crippen LogP contribution in [0.5, 0.6) is 11.5 Å². The highest BCUT2D eigenvalue weighted by Crippen LogP contribution is 2.25. The Morgan fingerprint density at radius 2 is 2.17 bits per heavy atom. The summed E-state index contributed by atoms with van der Waals surface area (Å²) in [6, 6.07) is 9.85. The number of carbonyl (C=O) groups is 1. The van der Waals surface area contributed by atoms with Crippen LogP contribution in [-0.4, -0.2) is 24.3 Å². The lowest BCUT2D eigenvalue weighted by molar-refractivity contribution is 0.0951. The van der Waals surface area contributed by atoms with Crippen molar-refractivity contribution in [1.29, 1.82) is 5.26 Å². The molecule has 0 aromatic heterocycles. The number of hydrogen-bond acceptors (Lipinski definition) is 5. The van der Waals surface area contributed by atoms with Gasteiger partial charge in [-0.2, -0.15) is 10.4 Å². The molecule has 23 heavy (non-hydrogen) atoms. The molecule has 2 rings (SSSR count). The Bertz CT molecular complexity index is 813. The molecule has 0 radical (unpaired) electrons. The summed E-state index contributed by atoms with van der Waals surface area (Å²) in [6.45, 7) is 0. The van der Waals surface area contributed by atoms with E-state index in [-0.39, 0.29) is 16.9 Å². The first-order valence-electron chi connectivity index (χ1n) is 6.45. The first-order valence-corrected chi connectivity index (χ1v) is 6.45. The number of ether oxygens (including phenoxy) is 1. The van der Waals surface area contributed by atoms with Crippen LogP contribution in [0.1, 0.15) is 21.5 Å². The molecule has 2 aromatic rings. The summed E-state index contributed by atoms with van der Waals surface area (Å²) in [5.41, 5.74) is 2.58. The molecule has 2 aromatic carbocycles. The zero-order valence-electron chi connectivity index (χ0n) is 12.1. The minimum atomic E-state index is -0.807. The molecule has 0 aliphatic rings. The molecule has 2 N–H and O–H groups in total. The normalized spacial score (nSPS) is 10.3. The van der Waals surface area contributed by atoms with Crippen molar-refractivity contribution in [2.24, 2.45) is 5.10 Å². The lowest BCUT2D eigenvalue weighted by atomic mass is 10.1. The number of hydrogen-bond donors (Lipinski definition) is 2. The summed E-state index contributed by atoms with van der Waals surface area (Å²) < 4.78 is 18.6. The molecule has 6 nitrogen and oxygen atoms in total. The van der Waals surface area contributed by atoms with Gasteiger partial charge in [-0.15, -0.1) is 0 Å². The largest absolute Gasteiger partial charge is 0.504 e. The van der Waals surface area contributed by atoms with Crippen LogP contribution >= 0.6 is 0 Å². The van der Waals surface area contributed by atoms with Crippen LogP contribution < -0.4 is 10.2 Å².